The van der Waals surface area contributed by atoms with Gasteiger partial charge in [-0.1, -0.05) is 26.0 Å². The van der Waals surface area contributed by atoms with Gasteiger partial charge in [0.25, 0.3) is 5.91 Å². The van der Waals surface area contributed by atoms with Gasteiger partial charge in [0.2, 0.25) is 5.91 Å². The molecule has 0 spiro atoms. The lowest BCUT2D eigenvalue weighted by molar-refractivity contribution is -0.135. The lowest BCUT2D eigenvalue weighted by Crippen LogP contribution is -2.49. The molecule has 0 N–H and O–H groups in total. The second-order valence-electron chi connectivity index (χ2n) is 9.98. The van der Waals surface area contributed by atoms with E-state index in [1.807, 2.05) is 17.0 Å². The Kier molecular flexibility index (Phi) is 7.96. The smallest absolute Gasteiger partial charge is 0.290 e. The Bertz CT molecular complexity index is 1180. The summed E-state index contributed by atoms with van der Waals surface area (Å²) >= 11 is 1.72. The first-order valence-electron chi connectivity index (χ1n) is 13.0. The van der Waals surface area contributed by atoms with E-state index in [1.54, 1.807) is 28.4 Å². The molecule has 1 fully saturated rings. The van der Waals surface area contributed by atoms with Crippen LogP contribution in [0.3, 0.4) is 0 Å². The van der Waals surface area contributed by atoms with Gasteiger partial charge in [0, 0.05) is 24.6 Å². The lowest BCUT2D eigenvalue weighted by atomic mass is 10.00. The van der Waals surface area contributed by atoms with Gasteiger partial charge in [-0.15, -0.1) is 11.3 Å². The molecule has 2 aromatic heterocycles. The van der Waals surface area contributed by atoms with E-state index in [9.17, 15) is 9.59 Å². The third kappa shape index (κ3) is 5.91. The number of benzene rings is 1. The molecule has 1 aromatic carbocycles. The second-order valence-corrected chi connectivity index (χ2v) is 11.0. The zero-order valence-electron chi connectivity index (χ0n) is 21.4. The first-order chi connectivity index (χ1) is 18.0. The van der Waals surface area contributed by atoms with Gasteiger partial charge in [-0.2, -0.15) is 0 Å². The van der Waals surface area contributed by atoms with Gasteiger partial charge in [-0.25, -0.2) is 0 Å². The number of amides is 2. The van der Waals surface area contributed by atoms with E-state index in [-0.39, 0.29) is 36.3 Å². The number of fused-ring (bicyclic) bond motifs is 1. The van der Waals surface area contributed by atoms with E-state index < -0.39 is 0 Å². The van der Waals surface area contributed by atoms with E-state index in [0.717, 1.165) is 30.6 Å². The number of carbonyl (C=O) groups is 2. The fraction of sp³-hybridized carbons (Fsp3) is 0.448. The van der Waals surface area contributed by atoms with Gasteiger partial charge in [-0.05, 0) is 72.0 Å². The fourth-order valence-electron chi connectivity index (χ4n) is 5.06. The van der Waals surface area contributed by atoms with Crippen molar-refractivity contribution in [3.8, 4) is 5.75 Å². The molecule has 2 atom stereocenters. The molecule has 2 amide bonds. The molecule has 5 rings (SSSR count). The largest absolute Gasteiger partial charge is 0.491 e. The normalized spacial score (nSPS) is 19.2. The quantitative estimate of drug-likeness (QED) is 0.382. The molecule has 2 aliphatic heterocycles. The fourth-order valence-corrected chi connectivity index (χ4v) is 5.99. The van der Waals surface area contributed by atoms with Crippen LogP contribution in [0, 0.1) is 0 Å². The van der Waals surface area contributed by atoms with Gasteiger partial charge in [0.1, 0.15) is 18.9 Å². The molecule has 0 unspecified atom stereocenters. The molecule has 1 saturated heterocycles. The average Bonchev–Trinajstić information content (AvgIpc) is 3.69. The van der Waals surface area contributed by atoms with Gasteiger partial charge in [0.15, 0.2) is 5.76 Å². The van der Waals surface area contributed by atoms with Crippen LogP contribution in [0.2, 0.25) is 0 Å². The first kappa shape index (κ1) is 25.5. The highest BCUT2D eigenvalue weighted by Gasteiger charge is 2.35. The monoisotopic (exact) mass is 522 g/mol. The number of nitrogens with zero attached hydrogens (tertiary/aromatic N) is 2. The van der Waals surface area contributed by atoms with E-state index in [0.29, 0.717) is 32.2 Å². The van der Waals surface area contributed by atoms with Gasteiger partial charge in [-0.3, -0.25) is 9.59 Å². The summed E-state index contributed by atoms with van der Waals surface area (Å²) in [6.45, 7) is 6.30. The molecule has 37 heavy (non-hydrogen) atoms. The molecule has 196 valence electrons. The first-order valence-corrected chi connectivity index (χ1v) is 13.9. The van der Waals surface area contributed by atoms with Crippen LogP contribution >= 0.6 is 11.3 Å². The number of hydrogen-bond donors (Lipinski definition) is 0. The van der Waals surface area contributed by atoms with Crippen molar-refractivity contribution in [2.75, 3.05) is 32.8 Å². The average molecular weight is 523 g/mol. The molecule has 2 aliphatic rings. The minimum Gasteiger partial charge on any atom is -0.491 e. The van der Waals surface area contributed by atoms with Crippen LogP contribution in [-0.4, -0.2) is 60.6 Å². The number of rotatable bonds is 9. The molecule has 3 aromatic rings. The van der Waals surface area contributed by atoms with Crippen molar-refractivity contribution in [2.24, 2.45) is 0 Å². The summed E-state index contributed by atoms with van der Waals surface area (Å²) in [6.07, 6.45) is 4.06. The molecule has 4 heterocycles. The predicted octanol–water partition coefficient (Wildman–Crippen LogP) is 5.29. The van der Waals surface area contributed by atoms with Crippen LogP contribution in [0.25, 0.3) is 0 Å². The van der Waals surface area contributed by atoms with E-state index in [4.69, 9.17) is 13.9 Å². The maximum atomic E-state index is 13.7. The highest BCUT2D eigenvalue weighted by molar-refractivity contribution is 7.10. The maximum Gasteiger partial charge on any atom is 0.290 e. The molecule has 0 radical (unpaired) electrons. The predicted molar refractivity (Wildman–Crippen MR) is 142 cm³/mol. The second kappa shape index (κ2) is 11.5. The van der Waals surface area contributed by atoms with Crippen molar-refractivity contribution < 1.29 is 23.5 Å². The lowest BCUT2D eigenvalue weighted by Gasteiger charge is -2.37. The molecule has 8 heteroatoms. The van der Waals surface area contributed by atoms with Crippen molar-refractivity contribution >= 4 is 23.2 Å². The van der Waals surface area contributed by atoms with Crippen LogP contribution in [0.4, 0.5) is 0 Å². The van der Waals surface area contributed by atoms with E-state index >= 15 is 0 Å². The number of furan rings is 1. The van der Waals surface area contributed by atoms with Crippen molar-refractivity contribution in [3.63, 3.8) is 0 Å². The number of hydrogen-bond acceptors (Lipinski definition) is 6. The van der Waals surface area contributed by atoms with Crippen LogP contribution < -0.4 is 4.74 Å². The Hall–Kier alpha value is -3.10. The summed E-state index contributed by atoms with van der Waals surface area (Å²) in [7, 11) is 0. The Morgan fingerprint density at radius 1 is 1.19 bits per heavy atom. The van der Waals surface area contributed by atoms with Crippen molar-refractivity contribution in [1.29, 1.82) is 0 Å². The van der Waals surface area contributed by atoms with E-state index in [2.05, 4.69) is 37.4 Å². The highest BCUT2D eigenvalue weighted by atomic mass is 32.1. The third-order valence-electron chi connectivity index (χ3n) is 7.16. The van der Waals surface area contributed by atoms with Crippen LogP contribution in [0.15, 0.2) is 58.5 Å². The van der Waals surface area contributed by atoms with E-state index in [1.165, 1.54) is 16.7 Å². The van der Waals surface area contributed by atoms with Crippen LogP contribution in [0.1, 0.15) is 65.2 Å². The highest BCUT2D eigenvalue weighted by Crippen LogP contribution is 2.34. The summed E-state index contributed by atoms with van der Waals surface area (Å²) in [4.78, 5) is 31.7. The summed E-state index contributed by atoms with van der Waals surface area (Å²) in [5, 5.41) is 2.08. The minimum atomic E-state index is -0.292. The standard InChI is InChI=1S/C29H34N2O5S/c1-20(2)21-7-9-22(10-8-21)36-19-25-24-12-16-37-27(24)11-13-31(25)28(32)18-30(17-23-5-3-14-34-23)29(33)26-6-4-15-35-26/h4,6-10,12,15-16,20,23,25H,3,5,11,13-14,17-19H2,1-2H3/t23-,25-/m0/s1. The summed E-state index contributed by atoms with van der Waals surface area (Å²) < 4.78 is 17.3. The Morgan fingerprint density at radius 3 is 2.73 bits per heavy atom. The van der Waals surface area contributed by atoms with Crippen molar-refractivity contribution in [1.82, 2.24) is 9.80 Å². The molecule has 0 saturated carbocycles. The Balaban J connectivity index is 1.32. The number of carbonyl (C=O) groups excluding carboxylic acids is 2. The third-order valence-corrected chi connectivity index (χ3v) is 8.16. The summed E-state index contributed by atoms with van der Waals surface area (Å²) in [6, 6.07) is 13.3. The van der Waals surface area contributed by atoms with Crippen molar-refractivity contribution in [3.05, 3.63) is 75.9 Å². The zero-order chi connectivity index (χ0) is 25.8. The summed E-state index contributed by atoms with van der Waals surface area (Å²) in [5.41, 5.74) is 2.39. The summed E-state index contributed by atoms with van der Waals surface area (Å²) in [5.74, 6) is 1.08. The molecule has 7 nitrogen and oxygen atoms in total. The molecular weight excluding hydrogens is 488 g/mol. The molecule has 0 bridgehead atoms. The minimum absolute atomic E-state index is 0.0293. The van der Waals surface area contributed by atoms with Gasteiger partial charge >= 0.3 is 0 Å². The molecule has 0 aliphatic carbocycles. The van der Waals surface area contributed by atoms with Crippen molar-refractivity contribution in [2.45, 2.75) is 51.2 Å². The van der Waals surface area contributed by atoms with Gasteiger partial charge in [0.05, 0.1) is 18.4 Å². The maximum absolute atomic E-state index is 13.7. The Morgan fingerprint density at radius 2 is 2.03 bits per heavy atom. The molecular formula is C29H34N2O5S. The van der Waals surface area contributed by atoms with Crippen LogP contribution in [-0.2, 0) is 16.0 Å². The SMILES string of the molecule is CC(C)c1ccc(OC[C@H]2c3ccsc3CCN2C(=O)CN(C[C@@H]2CCCO2)C(=O)c2ccco2)cc1. The number of ether oxygens (including phenoxy) is 2. The zero-order valence-corrected chi connectivity index (χ0v) is 22.2. The number of thiophene rings is 1. The topological polar surface area (TPSA) is 72.2 Å². The van der Waals surface area contributed by atoms with Crippen LogP contribution in [0.5, 0.6) is 5.75 Å². The Labute approximate surface area is 222 Å². The van der Waals surface area contributed by atoms with Gasteiger partial charge < -0.3 is 23.7 Å².